The fourth-order valence-electron chi connectivity index (χ4n) is 3.73. The normalized spacial score (nSPS) is 15.1. The lowest BCUT2D eigenvalue weighted by Crippen LogP contribution is -2.29. The Labute approximate surface area is 205 Å². The highest BCUT2D eigenvalue weighted by atomic mass is 32.1. The fraction of sp³-hybridized carbons (Fsp3) is 0.423. The minimum Gasteiger partial charge on any atom is -0.485 e. The number of likely N-dealkylation sites (tertiary alicyclic amines) is 1. The van der Waals surface area contributed by atoms with E-state index in [1.807, 2.05) is 25.3 Å². The zero-order valence-corrected chi connectivity index (χ0v) is 20.9. The molecule has 0 atom stereocenters. The monoisotopic (exact) mass is 477 g/mol. The van der Waals surface area contributed by atoms with Crippen LogP contribution in [0.2, 0.25) is 0 Å². The van der Waals surface area contributed by atoms with Crippen molar-refractivity contribution in [2.45, 2.75) is 51.7 Å². The van der Waals surface area contributed by atoms with Crippen LogP contribution in [0.1, 0.15) is 54.4 Å². The Morgan fingerprint density at radius 3 is 2.68 bits per heavy atom. The van der Waals surface area contributed by atoms with Gasteiger partial charge in [0.05, 0.1) is 9.88 Å². The van der Waals surface area contributed by atoms with Crippen molar-refractivity contribution < 1.29 is 9.84 Å². The summed E-state index contributed by atoms with van der Waals surface area (Å²) in [6.07, 6.45) is 7.75. The molecular formula is C26H31N5O2S. The van der Waals surface area contributed by atoms with Crippen molar-refractivity contribution in [3.05, 3.63) is 52.6 Å². The van der Waals surface area contributed by atoms with E-state index >= 15 is 0 Å². The van der Waals surface area contributed by atoms with Crippen LogP contribution in [0.25, 0.3) is 10.4 Å². The zero-order valence-electron chi connectivity index (χ0n) is 20.1. The van der Waals surface area contributed by atoms with E-state index in [9.17, 15) is 5.11 Å². The number of piperidine rings is 1. The molecule has 0 radical (unpaired) electrons. The predicted octanol–water partition coefficient (Wildman–Crippen LogP) is 4.00. The lowest BCUT2D eigenvalue weighted by molar-refractivity contribution is 0.143. The molecule has 3 aromatic heterocycles. The van der Waals surface area contributed by atoms with E-state index in [4.69, 9.17) is 15.5 Å². The Hall–Kier alpha value is -2.99. The van der Waals surface area contributed by atoms with Crippen molar-refractivity contribution in [3.63, 3.8) is 0 Å². The van der Waals surface area contributed by atoms with Gasteiger partial charge in [-0.3, -0.25) is 0 Å². The van der Waals surface area contributed by atoms with Gasteiger partial charge in [0.1, 0.15) is 17.9 Å². The number of nitrogens with zero attached hydrogens (tertiary/aromatic N) is 4. The molecule has 1 aliphatic heterocycles. The number of aromatic nitrogens is 3. The van der Waals surface area contributed by atoms with Crippen molar-refractivity contribution in [2.75, 3.05) is 25.9 Å². The second-order valence-electron chi connectivity index (χ2n) is 9.34. The summed E-state index contributed by atoms with van der Waals surface area (Å²) in [5, 5.41) is 11.0. The number of pyridine rings is 2. The average Bonchev–Trinajstić information content (AvgIpc) is 3.29. The molecule has 1 fully saturated rings. The van der Waals surface area contributed by atoms with Gasteiger partial charge in [-0.25, -0.2) is 15.0 Å². The van der Waals surface area contributed by atoms with Gasteiger partial charge in [0, 0.05) is 30.1 Å². The van der Waals surface area contributed by atoms with Crippen LogP contribution in [0, 0.1) is 18.8 Å². The van der Waals surface area contributed by atoms with Gasteiger partial charge < -0.3 is 20.5 Å². The third-order valence-electron chi connectivity index (χ3n) is 5.85. The van der Waals surface area contributed by atoms with Crippen LogP contribution in [-0.4, -0.2) is 50.7 Å². The lowest BCUT2D eigenvalue weighted by atomic mass is 9.98. The van der Waals surface area contributed by atoms with Crippen LogP contribution >= 0.6 is 11.3 Å². The minimum absolute atomic E-state index is 0.310. The summed E-state index contributed by atoms with van der Waals surface area (Å²) in [7, 11) is 2.17. The average molecular weight is 478 g/mol. The van der Waals surface area contributed by atoms with Crippen molar-refractivity contribution in [1.29, 1.82) is 0 Å². The van der Waals surface area contributed by atoms with Crippen molar-refractivity contribution >= 4 is 17.2 Å². The predicted molar refractivity (Wildman–Crippen MR) is 136 cm³/mol. The molecule has 0 saturated carbocycles. The van der Waals surface area contributed by atoms with Gasteiger partial charge in [0.15, 0.2) is 11.6 Å². The van der Waals surface area contributed by atoms with Gasteiger partial charge in [0.2, 0.25) is 0 Å². The van der Waals surface area contributed by atoms with Gasteiger partial charge in [0.25, 0.3) is 0 Å². The van der Waals surface area contributed by atoms with Crippen LogP contribution < -0.4 is 10.5 Å². The quantitative estimate of drug-likeness (QED) is 0.536. The first-order valence-corrected chi connectivity index (χ1v) is 12.2. The second-order valence-corrected chi connectivity index (χ2v) is 10.4. The minimum atomic E-state index is -1.08. The molecule has 4 heterocycles. The molecule has 0 amide bonds. The largest absolute Gasteiger partial charge is 0.485 e. The van der Waals surface area contributed by atoms with E-state index < -0.39 is 5.60 Å². The molecule has 3 N–H and O–H groups in total. The highest BCUT2D eigenvalue weighted by Crippen LogP contribution is 2.36. The molecule has 178 valence electrons. The van der Waals surface area contributed by atoms with Crippen LogP contribution in [0.3, 0.4) is 0 Å². The van der Waals surface area contributed by atoms with Crippen molar-refractivity contribution in [2.24, 2.45) is 0 Å². The Kier molecular flexibility index (Phi) is 7.17. The van der Waals surface area contributed by atoms with Crippen LogP contribution in [-0.2, 0) is 6.61 Å². The number of ether oxygens (including phenoxy) is 1. The maximum Gasteiger partial charge on any atom is 0.166 e. The van der Waals surface area contributed by atoms with Gasteiger partial charge in [-0.1, -0.05) is 5.92 Å². The number of nitrogens with two attached hydrogens (primary N) is 1. The number of nitrogen functional groups attached to an aromatic ring is 1. The summed E-state index contributed by atoms with van der Waals surface area (Å²) in [6.45, 7) is 7.78. The van der Waals surface area contributed by atoms with E-state index in [0.29, 0.717) is 29.8 Å². The molecule has 0 spiro atoms. The zero-order chi connectivity index (χ0) is 24.3. The number of aliphatic hydroxyl groups is 1. The molecule has 34 heavy (non-hydrogen) atoms. The van der Waals surface area contributed by atoms with E-state index in [0.717, 1.165) is 47.5 Å². The van der Waals surface area contributed by atoms with E-state index in [1.165, 1.54) is 5.01 Å². The van der Waals surface area contributed by atoms with E-state index in [2.05, 4.69) is 33.8 Å². The molecule has 0 aromatic carbocycles. The molecule has 0 unspecified atom stereocenters. The summed E-state index contributed by atoms with van der Waals surface area (Å²) in [4.78, 5) is 16.8. The number of thiazole rings is 1. The summed E-state index contributed by atoms with van der Waals surface area (Å²) in [5.74, 6) is 7.10. The molecule has 1 saturated heterocycles. The third kappa shape index (κ3) is 6.11. The van der Waals surface area contributed by atoms with Gasteiger partial charge in [-0.15, -0.1) is 11.3 Å². The highest BCUT2D eigenvalue weighted by Gasteiger charge is 2.21. The molecule has 3 aromatic rings. The Balaban J connectivity index is 1.49. The number of rotatable bonds is 5. The SMILES string of the molecule is Cc1cnc(C#CC(C)(C)O)cc1COc1cc(-c2cnc(C3CCN(C)CC3)s2)cnc1N. The van der Waals surface area contributed by atoms with E-state index in [1.54, 1.807) is 37.6 Å². The standard InChI is InChI=1S/C26H31N5O2S/c1-17-13-28-21(5-8-26(2,3)32)11-20(17)16-33-22-12-19(14-29-24(22)27)23-15-30-25(34-23)18-6-9-31(4)10-7-18/h11-15,18,32H,6-7,9-10,16H2,1-4H3,(H2,27,29). The van der Waals surface area contributed by atoms with Gasteiger partial charge in [-0.05, 0) is 82.9 Å². The smallest absolute Gasteiger partial charge is 0.166 e. The first-order valence-electron chi connectivity index (χ1n) is 11.4. The Bertz CT molecular complexity index is 1210. The van der Waals surface area contributed by atoms with Crippen LogP contribution in [0.4, 0.5) is 5.82 Å². The molecule has 8 heteroatoms. The Morgan fingerprint density at radius 1 is 1.18 bits per heavy atom. The highest BCUT2D eigenvalue weighted by molar-refractivity contribution is 7.15. The van der Waals surface area contributed by atoms with Crippen molar-refractivity contribution in [3.8, 4) is 28.0 Å². The lowest BCUT2D eigenvalue weighted by Gasteiger charge is -2.27. The van der Waals surface area contributed by atoms with Crippen LogP contribution in [0.5, 0.6) is 5.75 Å². The first kappa shape index (κ1) is 24.1. The molecule has 1 aliphatic rings. The summed E-state index contributed by atoms with van der Waals surface area (Å²) in [5.41, 5.74) is 8.50. The molecule has 7 nitrogen and oxygen atoms in total. The second kappa shape index (κ2) is 10.1. The number of hydrogen-bond acceptors (Lipinski definition) is 8. The van der Waals surface area contributed by atoms with Gasteiger partial charge >= 0.3 is 0 Å². The number of anilines is 1. The molecule has 0 aliphatic carbocycles. The maximum absolute atomic E-state index is 9.84. The van der Waals surface area contributed by atoms with Gasteiger partial charge in [-0.2, -0.15) is 0 Å². The molecule has 0 bridgehead atoms. The van der Waals surface area contributed by atoms with E-state index in [-0.39, 0.29) is 0 Å². The fourth-order valence-corrected chi connectivity index (χ4v) is 4.80. The number of hydrogen-bond donors (Lipinski definition) is 2. The third-order valence-corrected chi connectivity index (χ3v) is 7.06. The molecular weight excluding hydrogens is 446 g/mol. The number of aryl methyl sites for hydroxylation is 1. The maximum atomic E-state index is 9.84. The van der Waals surface area contributed by atoms with Crippen LogP contribution in [0.15, 0.2) is 30.7 Å². The summed E-state index contributed by atoms with van der Waals surface area (Å²) in [6, 6.07) is 3.80. The Morgan fingerprint density at radius 2 is 1.94 bits per heavy atom. The molecule has 4 rings (SSSR count). The first-order chi connectivity index (χ1) is 16.2. The van der Waals surface area contributed by atoms with Crippen molar-refractivity contribution in [1.82, 2.24) is 19.9 Å². The topological polar surface area (TPSA) is 97.4 Å². The summed E-state index contributed by atoms with van der Waals surface area (Å²) < 4.78 is 6.07. The summed E-state index contributed by atoms with van der Waals surface area (Å²) >= 11 is 1.72.